The Hall–Kier alpha value is -3.43. The van der Waals surface area contributed by atoms with Gasteiger partial charge < -0.3 is 10.4 Å². The van der Waals surface area contributed by atoms with Gasteiger partial charge in [-0.3, -0.25) is 14.2 Å². The standard InChI is InChI=1S/C17H21N7O3/c1-4-22-8-13(11(2)21-22)9-23-10-14(7-19-23)20-16(25)15-5-6-18-24(15)12(3)17(26)27/h5-8,10,12H,4,9H2,1-3H3,(H,20,25)(H,26,27). The summed E-state index contributed by atoms with van der Waals surface area (Å²) in [7, 11) is 0. The zero-order valence-electron chi connectivity index (χ0n) is 15.3. The molecule has 0 saturated heterocycles. The lowest BCUT2D eigenvalue weighted by Crippen LogP contribution is -2.24. The van der Waals surface area contributed by atoms with Gasteiger partial charge in [0.15, 0.2) is 0 Å². The average Bonchev–Trinajstić information content (AvgIpc) is 3.35. The summed E-state index contributed by atoms with van der Waals surface area (Å²) in [4.78, 5) is 23.6. The van der Waals surface area contributed by atoms with Crippen LogP contribution in [0.4, 0.5) is 5.69 Å². The second kappa shape index (κ2) is 7.44. The van der Waals surface area contributed by atoms with Crippen molar-refractivity contribution in [2.24, 2.45) is 0 Å². The van der Waals surface area contributed by atoms with Crippen molar-refractivity contribution in [2.75, 3.05) is 5.32 Å². The third-order valence-corrected chi connectivity index (χ3v) is 4.22. The van der Waals surface area contributed by atoms with Gasteiger partial charge in [-0.1, -0.05) is 0 Å². The second-order valence-electron chi connectivity index (χ2n) is 6.15. The van der Waals surface area contributed by atoms with Crippen LogP contribution in [-0.4, -0.2) is 46.3 Å². The Morgan fingerprint density at radius 3 is 2.70 bits per heavy atom. The molecule has 3 aromatic heterocycles. The number of nitrogens with one attached hydrogen (secondary N) is 1. The van der Waals surface area contributed by atoms with Crippen LogP contribution in [0.2, 0.25) is 0 Å². The Kier molecular flexibility index (Phi) is 5.06. The van der Waals surface area contributed by atoms with E-state index in [1.54, 1.807) is 17.1 Å². The molecule has 1 atom stereocenters. The average molecular weight is 371 g/mol. The lowest BCUT2D eigenvalue weighted by atomic mass is 10.3. The number of hydrogen-bond donors (Lipinski definition) is 2. The van der Waals surface area contributed by atoms with Crippen LogP contribution in [-0.2, 0) is 17.9 Å². The lowest BCUT2D eigenvalue weighted by molar-refractivity contribution is -0.140. The molecule has 0 radical (unpaired) electrons. The molecule has 0 aromatic carbocycles. The van der Waals surface area contributed by atoms with Crippen LogP contribution in [0.25, 0.3) is 0 Å². The molecule has 1 amide bonds. The van der Waals surface area contributed by atoms with Gasteiger partial charge in [0.05, 0.1) is 24.1 Å². The molecule has 0 fully saturated rings. The molecule has 0 spiro atoms. The van der Waals surface area contributed by atoms with E-state index in [9.17, 15) is 9.59 Å². The molecule has 0 aliphatic heterocycles. The van der Waals surface area contributed by atoms with Gasteiger partial charge in [0, 0.05) is 30.7 Å². The van der Waals surface area contributed by atoms with Crippen molar-refractivity contribution in [1.29, 1.82) is 0 Å². The minimum absolute atomic E-state index is 0.165. The van der Waals surface area contributed by atoms with E-state index in [4.69, 9.17) is 5.11 Å². The molecular formula is C17H21N7O3. The maximum atomic E-state index is 12.5. The van der Waals surface area contributed by atoms with E-state index in [1.807, 2.05) is 24.7 Å². The number of aromatic nitrogens is 6. The smallest absolute Gasteiger partial charge is 0.328 e. The van der Waals surface area contributed by atoms with Gasteiger partial charge in [0.2, 0.25) is 0 Å². The summed E-state index contributed by atoms with van der Waals surface area (Å²) < 4.78 is 4.74. The number of anilines is 1. The Morgan fingerprint density at radius 2 is 2.04 bits per heavy atom. The van der Waals surface area contributed by atoms with Crippen molar-refractivity contribution >= 4 is 17.6 Å². The summed E-state index contributed by atoms with van der Waals surface area (Å²) in [6.45, 7) is 6.76. The zero-order chi connectivity index (χ0) is 19.6. The molecule has 3 aromatic rings. The number of aryl methyl sites for hydroxylation is 2. The molecule has 0 aliphatic carbocycles. The molecule has 142 valence electrons. The van der Waals surface area contributed by atoms with Gasteiger partial charge in [-0.15, -0.1) is 0 Å². The quantitative estimate of drug-likeness (QED) is 0.650. The first kappa shape index (κ1) is 18.4. The first-order valence-corrected chi connectivity index (χ1v) is 8.52. The maximum Gasteiger partial charge on any atom is 0.328 e. The topological polar surface area (TPSA) is 120 Å². The van der Waals surface area contributed by atoms with Crippen molar-refractivity contribution in [3.05, 3.63) is 47.8 Å². The van der Waals surface area contributed by atoms with E-state index in [0.717, 1.165) is 17.8 Å². The molecule has 2 N–H and O–H groups in total. The van der Waals surface area contributed by atoms with Crippen LogP contribution in [0, 0.1) is 6.92 Å². The van der Waals surface area contributed by atoms with Crippen LogP contribution < -0.4 is 5.32 Å². The second-order valence-corrected chi connectivity index (χ2v) is 6.15. The number of carboxylic acids is 1. The van der Waals surface area contributed by atoms with Gasteiger partial charge in [-0.2, -0.15) is 15.3 Å². The normalized spacial score (nSPS) is 12.1. The fourth-order valence-corrected chi connectivity index (χ4v) is 2.67. The fraction of sp³-hybridized carbons (Fsp3) is 0.353. The van der Waals surface area contributed by atoms with Crippen molar-refractivity contribution in [3.8, 4) is 0 Å². The number of nitrogens with zero attached hydrogens (tertiary/aromatic N) is 6. The van der Waals surface area contributed by atoms with E-state index in [0.29, 0.717) is 12.2 Å². The predicted molar refractivity (Wildman–Crippen MR) is 96.5 cm³/mol. The number of amides is 1. The van der Waals surface area contributed by atoms with Crippen LogP contribution in [0.15, 0.2) is 30.9 Å². The van der Waals surface area contributed by atoms with Gasteiger partial charge in [-0.25, -0.2) is 9.48 Å². The minimum atomic E-state index is -1.07. The summed E-state index contributed by atoms with van der Waals surface area (Å²) in [6.07, 6.45) is 6.62. The molecular weight excluding hydrogens is 350 g/mol. The van der Waals surface area contributed by atoms with E-state index in [2.05, 4.69) is 20.6 Å². The van der Waals surface area contributed by atoms with Crippen molar-refractivity contribution < 1.29 is 14.7 Å². The molecule has 0 saturated carbocycles. The monoisotopic (exact) mass is 371 g/mol. The predicted octanol–water partition coefficient (Wildman–Crippen LogP) is 1.55. The van der Waals surface area contributed by atoms with Crippen molar-refractivity contribution in [3.63, 3.8) is 0 Å². The molecule has 1 unspecified atom stereocenters. The molecule has 10 nitrogen and oxygen atoms in total. The minimum Gasteiger partial charge on any atom is -0.480 e. The highest BCUT2D eigenvalue weighted by molar-refractivity contribution is 6.03. The van der Waals surface area contributed by atoms with Crippen molar-refractivity contribution in [1.82, 2.24) is 29.3 Å². The number of carbonyl (C=O) groups excluding carboxylic acids is 1. The Balaban J connectivity index is 1.71. The van der Waals surface area contributed by atoms with E-state index >= 15 is 0 Å². The largest absolute Gasteiger partial charge is 0.480 e. The highest BCUT2D eigenvalue weighted by Crippen LogP contribution is 2.14. The number of rotatable bonds is 7. The molecule has 27 heavy (non-hydrogen) atoms. The number of aliphatic carboxylic acids is 1. The third-order valence-electron chi connectivity index (χ3n) is 4.22. The van der Waals surface area contributed by atoms with E-state index in [-0.39, 0.29) is 5.69 Å². The van der Waals surface area contributed by atoms with E-state index < -0.39 is 17.9 Å². The van der Waals surface area contributed by atoms with Crippen LogP contribution in [0.5, 0.6) is 0 Å². The highest BCUT2D eigenvalue weighted by Gasteiger charge is 2.21. The lowest BCUT2D eigenvalue weighted by Gasteiger charge is -2.10. The van der Waals surface area contributed by atoms with Crippen LogP contribution in [0.3, 0.4) is 0 Å². The van der Waals surface area contributed by atoms with Crippen LogP contribution >= 0.6 is 0 Å². The summed E-state index contributed by atoms with van der Waals surface area (Å²) >= 11 is 0. The highest BCUT2D eigenvalue weighted by atomic mass is 16.4. The van der Waals surface area contributed by atoms with Gasteiger partial charge in [-0.05, 0) is 26.8 Å². The molecule has 3 rings (SSSR count). The van der Waals surface area contributed by atoms with Gasteiger partial charge in [0.25, 0.3) is 5.91 Å². The fourth-order valence-electron chi connectivity index (χ4n) is 2.67. The maximum absolute atomic E-state index is 12.5. The Labute approximate surface area is 155 Å². The number of carbonyl (C=O) groups is 2. The third kappa shape index (κ3) is 3.89. The molecule has 3 heterocycles. The van der Waals surface area contributed by atoms with E-state index in [1.165, 1.54) is 23.9 Å². The first-order chi connectivity index (χ1) is 12.9. The molecule has 0 aliphatic rings. The summed E-state index contributed by atoms with van der Waals surface area (Å²) in [5.74, 6) is -1.52. The first-order valence-electron chi connectivity index (χ1n) is 8.52. The van der Waals surface area contributed by atoms with Crippen LogP contribution in [0.1, 0.15) is 41.6 Å². The SMILES string of the molecule is CCn1cc(Cn2cc(NC(=O)c3ccnn3C(C)C(=O)O)cn2)c(C)n1. The summed E-state index contributed by atoms with van der Waals surface area (Å²) in [6, 6.07) is 0.531. The molecule has 10 heteroatoms. The van der Waals surface area contributed by atoms with Crippen molar-refractivity contribution in [2.45, 2.75) is 39.9 Å². The number of hydrogen-bond acceptors (Lipinski definition) is 5. The molecule has 0 bridgehead atoms. The summed E-state index contributed by atoms with van der Waals surface area (Å²) in [5.41, 5.74) is 2.66. The Bertz CT molecular complexity index is 969. The van der Waals surface area contributed by atoms with Gasteiger partial charge in [0.1, 0.15) is 11.7 Å². The summed E-state index contributed by atoms with van der Waals surface area (Å²) in [5, 5.41) is 24.4. The van der Waals surface area contributed by atoms with Gasteiger partial charge >= 0.3 is 5.97 Å². The Morgan fingerprint density at radius 1 is 1.26 bits per heavy atom. The number of carboxylic acid groups (broad SMARTS) is 1. The zero-order valence-corrected chi connectivity index (χ0v) is 15.3.